The van der Waals surface area contributed by atoms with Crippen molar-refractivity contribution in [3.63, 3.8) is 0 Å². The van der Waals surface area contributed by atoms with Crippen LogP contribution in [0.1, 0.15) is 18.4 Å². The highest BCUT2D eigenvalue weighted by Crippen LogP contribution is 2.29. The molecule has 2 atom stereocenters. The van der Waals surface area contributed by atoms with E-state index >= 15 is 0 Å². The molecule has 0 aliphatic carbocycles. The van der Waals surface area contributed by atoms with Crippen molar-refractivity contribution in [1.82, 2.24) is 9.88 Å². The van der Waals surface area contributed by atoms with Crippen molar-refractivity contribution in [2.45, 2.75) is 36.4 Å². The molecule has 2 N–H and O–H groups in total. The lowest BCUT2D eigenvalue weighted by Crippen LogP contribution is -2.51. The molecule has 7 nitrogen and oxygen atoms in total. The average molecular weight is 413 g/mol. The van der Waals surface area contributed by atoms with Gasteiger partial charge in [0.05, 0.1) is 12.3 Å². The summed E-state index contributed by atoms with van der Waals surface area (Å²) < 4.78 is 5.97. The van der Waals surface area contributed by atoms with Gasteiger partial charge in [0.25, 0.3) is 0 Å². The van der Waals surface area contributed by atoms with E-state index in [9.17, 15) is 14.7 Å². The molecular weight excluding hydrogens is 390 g/mol. The number of aryl methyl sites for hydroxylation is 1. The molecule has 8 heteroatoms. The number of aliphatic hydroxyl groups is 1. The number of thioether (sulfide) groups is 1. The lowest BCUT2D eigenvalue weighted by Gasteiger charge is -2.36. The number of β-amino-alcohol motifs (C(OH)–C–C–N with tert-alkyl or cyclic N) is 1. The van der Waals surface area contributed by atoms with Gasteiger partial charge in [0.2, 0.25) is 11.8 Å². The Hall–Kier alpha value is -2.58. The van der Waals surface area contributed by atoms with Gasteiger partial charge in [0, 0.05) is 48.4 Å². The molecule has 0 bridgehead atoms. The number of rotatable bonds is 5. The largest absolute Gasteiger partial charge is 0.488 e. The molecule has 4 rings (SSSR count). The van der Waals surface area contributed by atoms with Crippen LogP contribution in [0.2, 0.25) is 0 Å². The predicted molar refractivity (Wildman–Crippen MR) is 110 cm³/mol. The first kappa shape index (κ1) is 19.7. The van der Waals surface area contributed by atoms with Crippen molar-refractivity contribution in [2.24, 2.45) is 0 Å². The zero-order valence-electron chi connectivity index (χ0n) is 15.9. The summed E-state index contributed by atoms with van der Waals surface area (Å²) in [6.45, 7) is 0.793. The van der Waals surface area contributed by atoms with Gasteiger partial charge in [-0.1, -0.05) is 6.07 Å². The number of carbonyl (C=O) groups excluding carboxylic acids is 2. The number of hydrogen-bond acceptors (Lipinski definition) is 6. The van der Waals surface area contributed by atoms with E-state index in [4.69, 9.17) is 4.74 Å². The molecular formula is C21H23N3O4S. The Balaban J connectivity index is 1.30. The monoisotopic (exact) mass is 413 g/mol. The number of piperidine rings is 1. The maximum Gasteiger partial charge on any atom is 0.233 e. The molecule has 0 saturated carbocycles. The SMILES string of the molecule is O=C1CCc2ccc(O[C@@H]3CCN(C(=O)CSc4ccncc4)C[C@H]3O)cc2N1. The van der Waals surface area contributed by atoms with Crippen molar-refractivity contribution in [3.8, 4) is 5.75 Å². The Morgan fingerprint density at radius 1 is 1.28 bits per heavy atom. The smallest absolute Gasteiger partial charge is 0.233 e. The van der Waals surface area contributed by atoms with Gasteiger partial charge in [-0.15, -0.1) is 11.8 Å². The van der Waals surface area contributed by atoms with Crippen LogP contribution in [0.4, 0.5) is 5.69 Å². The second kappa shape index (κ2) is 8.84. The van der Waals surface area contributed by atoms with Crippen LogP contribution >= 0.6 is 11.8 Å². The molecule has 152 valence electrons. The summed E-state index contributed by atoms with van der Waals surface area (Å²) >= 11 is 1.46. The van der Waals surface area contributed by atoms with Crippen LogP contribution in [0.15, 0.2) is 47.6 Å². The minimum absolute atomic E-state index is 0.000746. The van der Waals surface area contributed by atoms with Gasteiger partial charge in [0.1, 0.15) is 18.0 Å². The highest BCUT2D eigenvalue weighted by atomic mass is 32.2. The summed E-state index contributed by atoms with van der Waals surface area (Å²) in [5, 5.41) is 13.4. The van der Waals surface area contributed by atoms with Crippen LogP contribution in [0, 0.1) is 0 Å². The van der Waals surface area contributed by atoms with Gasteiger partial charge in [0.15, 0.2) is 0 Å². The summed E-state index contributed by atoms with van der Waals surface area (Å²) in [7, 11) is 0. The topological polar surface area (TPSA) is 91.8 Å². The Bertz CT molecular complexity index is 893. The second-order valence-electron chi connectivity index (χ2n) is 7.19. The normalized spacial score (nSPS) is 21.3. The number of nitrogens with one attached hydrogen (secondary N) is 1. The maximum absolute atomic E-state index is 12.5. The van der Waals surface area contributed by atoms with Gasteiger partial charge in [-0.3, -0.25) is 14.6 Å². The standard InChI is InChI=1S/C21H23N3O4S/c25-18-12-24(21(27)13-29-16-5-8-22-9-6-16)10-7-19(18)28-15-3-1-14-2-4-20(26)23-17(14)11-15/h1,3,5-6,8-9,11,18-19,25H,2,4,7,10,12-13H2,(H,23,26)/t18-,19-/m1/s1. The zero-order chi connectivity index (χ0) is 20.2. The highest BCUT2D eigenvalue weighted by Gasteiger charge is 2.31. The number of carbonyl (C=O) groups is 2. The van der Waals surface area contributed by atoms with Crippen molar-refractivity contribution >= 4 is 29.3 Å². The third-order valence-corrected chi connectivity index (χ3v) is 6.15. The van der Waals surface area contributed by atoms with E-state index in [1.54, 1.807) is 17.3 Å². The number of fused-ring (bicyclic) bond motifs is 1. The van der Waals surface area contributed by atoms with Crippen LogP contribution in [0.3, 0.4) is 0 Å². The average Bonchev–Trinajstić information content (AvgIpc) is 2.74. The third-order valence-electron chi connectivity index (χ3n) is 5.15. The van der Waals surface area contributed by atoms with Gasteiger partial charge >= 0.3 is 0 Å². The molecule has 2 amide bonds. The zero-order valence-corrected chi connectivity index (χ0v) is 16.7. The Morgan fingerprint density at radius 2 is 2.10 bits per heavy atom. The minimum atomic E-state index is -0.760. The molecule has 2 aliphatic rings. The molecule has 0 radical (unpaired) electrons. The summed E-state index contributed by atoms with van der Waals surface area (Å²) in [6, 6.07) is 9.36. The van der Waals surface area contributed by atoms with Crippen molar-refractivity contribution in [1.29, 1.82) is 0 Å². The van der Waals surface area contributed by atoms with Crippen LogP contribution in [0.25, 0.3) is 0 Å². The van der Waals surface area contributed by atoms with Crippen LogP contribution < -0.4 is 10.1 Å². The van der Waals surface area contributed by atoms with Gasteiger partial charge in [-0.05, 0) is 30.2 Å². The molecule has 2 aromatic rings. The quantitative estimate of drug-likeness (QED) is 0.730. The van der Waals surface area contributed by atoms with E-state index in [0.717, 1.165) is 22.6 Å². The number of hydrogen-bond donors (Lipinski definition) is 2. The van der Waals surface area contributed by atoms with E-state index in [0.29, 0.717) is 30.9 Å². The Morgan fingerprint density at radius 3 is 2.90 bits per heavy atom. The fourth-order valence-corrected chi connectivity index (χ4v) is 4.33. The minimum Gasteiger partial charge on any atom is -0.488 e. The molecule has 3 heterocycles. The molecule has 1 saturated heterocycles. The number of ether oxygens (including phenoxy) is 1. The van der Waals surface area contributed by atoms with Crippen LogP contribution in [-0.4, -0.2) is 57.9 Å². The second-order valence-corrected chi connectivity index (χ2v) is 8.24. The van der Waals surface area contributed by atoms with Crippen molar-refractivity contribution in [3.05, 3.63) is 48.3 Å². The van der Waals surface area contributed by atoms with E-state index in [1.807, 2.05) is 30.3 Å². The number of nitrogens with zero attached hydrogens (tertiary/aromatic N) is 2. The lowest BCUT2D eigenvalue weighted by molar-refractivity contribution is -0.134. The number of aliphatic hydroxyl groups excluding tert-OH is 1. The van der Waals surface area contributed by atoms with Crippen molar-refractivity contribution < 1.29 is 19.4 Å². The summed E-state index contributed by atoms with van der Waals surface area (Å²) in [5.74, 6) is 0.947. The highest BCUT2D eigenvalue weighted by molar-refractivity contribution is 8.00. The van der Waals surface area contributed by atoms with Gasteiger partial charge in [-0.2, -0.15) is 0 Å². The number of anilines is 1. The third kappa shape index (κ3) is 4.89. The van der Waals surface area contributed by atoms with E-state index in [2.05, 4.69) is 10.3 Å². The molecule has 1 aromatic carbocycles. The van der Waals surface area contributed by atoms with Crippen LogP contribution in [0.5, 0.6) is 5.75 Å². The number of likely N-dealkylation sites (tertiary alicyclic amines) is 1. The molecule has 2 aliphatic heterocycles. The summed E-state index contributed by atoms with van der Waals surface area (Å²) in [6.07, 6.45) is 4.03. The number of aromatic nitrogens is 1. The first-order valence-electron chi connectivity index (χ1n) is 9.66. The fourth-order valence-electron chi connectivity index (χ4n) is 3.54. The van der Waals surface area contributed by atoms with Crippen molar-refractivity contribution in [2.75, 3.05) is 24.2 Å². The first-order chi connectivity index (χ1) is 14.1. The summed E-state index contributed by atoms with van der Waals surface area (Å²) in [4.78, 5) is 30.7. The lowest BCUT2D eigenvalue weighted by atomic mass is 10.0. The number of benzene rings is 1. The van der Waals surface area contributed by atoms with Crippen LogP contribution in [-0.2, 0) is 16.0 Å². The maximum atomic E-state index is 12.5. The Kier molecular flexibility index (Phi) is 6.01. The van der Waals surface area contributed by atoms with E-state index < -0.39 is 6.10 Å². The van der Waals surface area contributed by atoms with E-state index in [-0.39, 0.29) is 24.5 Å². The van der Waals surface area contributed by atoms with Gasteiger partial charge < -0.3 is 20.1 Å². The predicted octanol–water partition coefficient (Wildman–Crippen LogP) is 2.10. The molecule has 0 spiro atoms. The number of pyridine rings is 1. The first-order valence-corrected chi connectivity index (χ1v) is 10.6. The van der Waals surface area contributed by atoms with E-state index in [1.165, 1.54) is 11.8 Å². The molecule has 29 heavy (non-hydrogen) atoms. The summed E-state index contributed by atoms with van der Waals surface area (Å²) in [5.41, 5.74) is 1.86. The molecule has 0 unspecified atom stereocenters. The number of amides is 2. The molecule has 1 fully saturated rings. The Labute approximate surface area is 173 Å². The van der Waals surface area contributed by atoms with Gasteiger partial charge in [-0.25, -0.2) is 0 Å². The fraction of sp³-hybridized carbons (Fsp3) is 0.381. The molecule has 1 aromatic heterocycles.